The van der Waals surface area contributed by atoms with Crippen LogP contribution in [0.2, 0.25) is 0 Å². The van der Waals surface area contributed by atoms with E-state index in [1.807, 2.05) is 6.07 Å². The van der Waals surface area contributed by atoms with E-state index in [4.69, 9.17) is 9.47 Å². The summed E-state index contributed by atoms with van der Waals surface area (Å²) in [5.74, 6) is 1.73. The molecular formula is C20H28I2O2. The Morgan fingerprint density at radius 3 is 1.62 bits per heavy atom. The maximum atomic E-state index is 5.95. The normalized spacial score (nSPS) is 10.5. The molecule has 0 aliphatic heterocycles. The molecule has 24 heavy (non-hydrogen) atoms. The summed E-state index contributed by atoms with van der Waals surface area (Å²) < 4.78 is 14.1. The summed E-state index contributed by atoms with van der Waals surface area (Å²) in [7, 11) is 0. The van der Waals surface area contributed by atoms with Gasteiger partial charge in [-0.05, 0) is 88.1 Å². The molecule has 0 amide bonds. The van der Waals surface area contributed by atoms with Crippen molar-refractivity contribution in [3.8, 4) is 11.5 Å². The number of rotatable bonds is 12. The molecule has 0 saturated carbocycles. The Morgan fingerprint density at radius 2 is 1.25 bits per heavy atom. The van der Waals surface area contributed by atoms with Gasteiger partial charge >= 0.3 is 0 Å². The van der Waals surface area contributed by atoms with Crippen molar-refractivity contribution in [2.45, 2.75) is 52.4 Å². The third kappa shape index (κ3) is 8.23. The maximum absolute atomic E-state index is 5.95. The third-order valence-electron chi connectivity index (χ3n) is 3.62. The average Bonchev–Trinajstić information content (AvgIpc) is 2.56. The van der Waals surface area contributed by atoms with Gasteiger partial charge in [-0.3, -0.25) is 0 Å². The highest BCUT2D eigenvalue weighted by molar-refractivity contribution is 14.1. The van der Waals surface area contributed by atoms with E-state index in [9.17, 15) is 0 Å². The Bertz CT molecular complexity index is 508. The lowest BCUT2D eigenvalue weighted by molar-refractivity contribution is 0.327. The molecule has 1 aromatic carbocycles. The lowest BCUT2D eigenvalue weighted by atomic mass is 10.1. The molecule has 0 fully saturated rings. The fourth-order valence-corrected chi connectivity index (χ4v) is 3.93. The summed E-state index contributed by atoms with van der Waals surface area (Å²) in [6.45, 7) is 13.7. The number of unbranched alkanes of at least 4 members (excludes halogenated alkanes) is 2. The molecule has 4 heteroatoms. The number of ether oxygens (including phenoxy) is 2. The topological polar surface area (TPSA) is 18.5 Å². The molecule has 0 aliphatic rings. The molecule has 0 radical (unpaired) electrons. The predicted molar refractivity (Wildman–Crippen MR) is 120 cm³/mol. The van der Waals surface area contributed by atoms with Crippen molar-refractivity contribution in [1.29, 1.82) is 0 Å². The van der Waals surface area contributed by atoms with E-state index in [1.54, 1.807) is 0 Å². The standard InChI is InChI=1S/C20H28I2O2/c1-5-7-9-15(3)13-23-19-12-20(18(22)11-17(19)21)24-14-16(4)10-8-6-2/h11-12H,3-10,13-14H2,1-2H3. The van der Waals surface area contributed by atoms with Gasteiger partial charge in [-0.1, -0.05) is 39.8 Å². The van der Waals surface area contributed by atoms with Crippen LogP contribution in [0.15, 0.2) is 36.4 Å². The van der Waals surface area contributed by atoms with Crippen LogP contribution >= 0.6 is 45.2 Å². The van der Waals surface area contributed by atoms with E-state index in [0.29, 0.717) is 13.2 Å². The van der Waals surface area contributed by atoms with E-state index in [2.05, 4.69) is 78.3 Å². The van der Waals surface area contributed by atoms with Crippen LogP contribution in [0.4, 0.5) is 0 Å². The number of hydrogen-bond donors (Lipinski definition) is 0. The second-order valence-corrected chi connectivity index (χ2v) is 8.32. The van der Waals surface area contributed by atoms with Crippen molar-refractivity contribution in [3.05, 3.63) is 43.6 Å². The van der Waals surface area contributed by atoms with Crippen molar-refractivity contribution < 1.29 is 9.47 Å². The SMILES string of the molecule is C=C(CCCC)COc1cc(OCC(=C)CCCC)c(I)cc1I. The van der Waals surface area contributed by atoms with Gasteiger partial charge in [0.05, 0.1) is 7.14 Å². The molecule has 0 spiro atoms. The van der Waals surface area contributed by atoms with Crippen LogP contribution in [0, 0.1) is 7.14 Å². The van der Waals surface area contributed by atoms with Gasteiger partial charge in [0.1, 0.15) is 24.7 Å². The summed E-state index contributed by atoms with van der Waals surface area (Å²) in [5.41, 5.74) is 2.28. The molecule has 0 unspecified atom stereocenters. The Morgan fingerprint density at radius 1 is 0.833 bits per heavy atom. The van der Waals surface area contributed by atoms with Crippen molar-refractivity contribution >= 4 is 45.2 Å². The summed E-state index contributed by atoms with van der Waals surface area (Å²) in [5, 5.41) is 0. The van der Waals surface area contributed by atoms with Crippen LogP contribution < -0.4 is 9.47 Å². The van der Waals surface area contributed by atoms with Crippen LogP contribution in [-0.2, 0) is 0 Å². The largest absolute Gasteiger partial charge is 0.488 e. The summed E-state index contributed by atoms with van der Waals surface area (Å²) in [4.78, 5) is 0. The maximum Gasteiger partial charge on any atom is 0.136 e. The van der Waals surface area contributed by atoms with Gasteiger partial charge in [0, 0.05) is 6.07 Å². The van der Waals surface area contributed by atoms with Crippen LogP contribution in [-0.4, -0.2) is 13.2 Å². The molecule has 0 N–H and O–H groups in total. The number of halogens is 2. The zero-order chi connectivity index (χ0) is 17.9. The number of benzene rings is 1. The highest BCUT2D eigenvalue weighted by Gasteiger charge is 2.10. The average molecular weight is 554 g/mol. The Labute approximate surface area is 174 Å². The molecule has 0 atom stereocenters. The molecule has 2 nitrogen and oxygen atoms in total. The van der Waals surface area contributed by atoms with E-state index in [0.717, 1.165) is 42.6 Å². The van der Waals surface area contributed by atoms with Crippen molar-refractivity contribution in [2.75, 3.05) is 13.2 Å². The summed E-state index contributed by atoms with van der Waals surface area (Å²) >= 11 is 4.61. The van der Waals surface area contributed by atoms with E-state index < -0.39 is 0 Å². The quantitative estimate of drug-likeness (QED) is 0.202. The molecule has 134 valence electrons. The van der Waals surface area contributed by atoms with E-state index >= 15 is 0 Å². The van der Waals surface area contributed by atoms with Gasteiger partial charge in [-0.15, -0.1) is 0 Å². The first-order chi connectivity index (χ1) is 11.5. The lowest BCUT2D eigenvalue weighted by Crippen LogP contribution is -2.05. The number of hydrogen-bond acceptors (Lipinski definition) is 2. The minimum absolute atomic E-state index is 0.569. The Balaban J connectivity index is 2.64. The summed E-state index contributed by atoms with van der Waals surface area (Å²) in [6.07, 6.45) is 6.75. The highest BCUT2D eigenvalue weighted by atomic mass is 127. The molecule has 0 bridgehead atoms. The van der Waals surface area contributed by atoms with Crippen molar-refractivity contribution in [3.63, 3.8) is 0 Å². The van der Waals surface area contributed by atoms with Gasteiger partial charge in [0.15, 0.2) is 0 Å². The summed E-state index contributed by atoms with van der Waals surface area (Å²) in [6, 6.07) is 4.08. The molecule has 0 aliphatic carbocycles. The molecule has 1 rings (SSSR count). The van der Waals surface area contributed by atoms with E-state index in [-0.39, 0.29) is 0 Å². The van der Waals surface area contributed by atoms with Gasteiger partial charge in [0.25, 0.3) is 0 Å². The second-order valence-electron chi connectivity index (χ2n) is 6.00. The molecule has 0 saturated heterocycles. The van der Waals surface area contributed by atoms with Crippen LogP contribution in [0.25, 0.3) is 0 Å². The molecule has 0 aromatic heterocycles. The Hall–Kier alpha value is -0.240. The fourth-order valence-electron chi connectivity index (χ4n) is 2.09. The lowest BCUT2D eigenvalue weighted by Gasteiger charge is -2.14. The van der Waals surface area contributed by atoms with Gasteiger partial charge in [0.2, 0.25) is 0 Å². The van der Waals surface area contributed by atoms with Crippen molar-refractivity contribution in [2.24, 2.45) is 0 Å². The van der Waals surface area contributed by atoms with E-state index in [1.165, 1.54) is 25.7 Å². The second kappa shape index (κ2) is 12.2. The smallest absolute Gasteiger partial charge is 0.136 e. The Kier molecular flexibility index (Phi) is 11.1. The van der Waals surface area contributed by atoms with Crippen molar-refractivity contribution in [1.82, 2.24) is 0 Å². The first-order valence-corrected chi connectivity index (χ1v) is 10.7. The van der Waals surface area contributed by atoms with Crippen LogP contribution in [0.1, 0.15) is 52.4 Å². The predicted octanol–water partition coefficient (Wildman–Crippen LogP) is 7.15. The molecule has 0 heterocycles. The minimum Gasteiger partial charge on any atom is -0.488 e. The molecular weight excluding hydrogens is 526 g/mol. The van der Waals surface area contributed by atoms with Gasteiger partial charge in [-0.2, -0.15) is 0 Å². The van der Waals surface area contributed by atoms with Crippen LogP contribution in [0.5, 0.6) is 11.5 Å². The van der Waals surface area contributed by atoms with Gasteiger partial charge in [-0.25, -0.2) is 0 Å². The zero-order valence-electron chi connectivity index (χ0n) is 14.8. The molecule has 1 aromatic rings. The first kappa shape index (κ1) is 21.8. The fraction of sp³-hybridized carbons (Fsp3) is 0.500. The van der Waals surface area contributed by atoms with Crippen LogP contribution in [0.3, 0.4) is 0 Å². The third-order valence-corrected chi connectivity index (χ3v) is 5.30. The zero-order valence-corrected chi connectivity index (χ0v) is 19.1. The monoisotopic (exact) mass is 554 g/mol. The highest BCUT2D eigenvalue weighted by Crippen LogP contribution is 2.32. The first-order valence-electron chi connectivity index (χ1n) is 8.55. The minimum atomic E-state index is 0.569. The van der Waals surface area contributed by atoms with Gasteiger partial charge < -0.3 is 9.47 Å².